The SMILES string of the molecule is CN(C)C(=O)c1ccc(NC(=O)COC(=O)c2ccccc2N2CCCC2=O)cc1. The summed E-state index contributed by atoms with van der Waals surface area (Å²) in [4.78, 5) is 51.5. The summed E-state index contributed by atoms with van der Waals surface area (Å²) in [6.45, 7) is 0.0788. The van der Waals surface area contributed by atoms with Crippen LogP contribution in [0.15, 0.2) is 48.5 Å². The van der Waals surface area contributed by atoms with E-state index in [-0.39, 0.29) is 17.4 Å². The monoisotopic (exact) mass is 409 g/mol. The summed E-state index contributed by atoms with van der Waals surface area (Å²) in [7, 11) is 3.31. The number of hydrogen-bond donors (Lipinski definition) is 1. The van der Waals surface area contributed by atoms with Crippen molar-refractivity contribution in [1.29, 1.82) is 0 Å². The zero-order chi connectivity index (χ0) is 21.7. The fourth-order valence-corrected chi connectivity index (χ4v) is 3.14. The number of benzene rings is 2. The van der Waals surface area contributed by atoms with Gasteiger partial charge < -0.3 is 19.9 Å². The zero-order valence-electron chi connectivity index (χ0n) is 16.9. The Morgan fingerprint density at radius 3 is 2.40 bits per heavy atom. The lowest BCUT2D eigenvalue weighted by Gasteiger charge is -2.18. The zero-order valence-corrected chi connectivity index (χ0v) is 16.9. The van der Waals surface area contributed by atoms with Crippen molar-refractivity contribution in [1.82, 2.24) is 4.90 Å². The highest BCUT2D eigenvalue weighted by molar-refractivity contribution is 6.04. The lowest BCUT2D eigenvalue weighted by atomic mass is 10.1. The average Bonchev–Trinajstić information content (AvgIpc) is 3.17. The van der Waals surface area contributed by atoms with Gasteiger partial charge in [0.15, 0.2) is 6.61 Å². The number of rotatable bonds is 6. The number of anilines is 2. The average molecular weight is 409 g/mol. The summed E-state index contributed by atoms with van der Waals surface area (Å²) in [6.07, 6.45) is 1.19. The third-order valence-corrected chi connectivity index (χ3v) is 4.64. The molecule has 1 aliphatic heterocycles. The van der Waals surface area contributed by atoms with Crippen molar-refractivity contribution in [2.24, 2.45) is 0 Å². The first-order valence-corrected chi connectivity index (χ1v) is 9.55. The van der Waals surface area contributed by atoms with E-state index in [1.807, 2.05) is 0 Å². The highest BCUT2D eigenvalue weighted by Crippen LogP contribution is 2.26. The predicted molar refractivity (Wildman–Crippen MR) is 111 cm³/mol. The van der Waals surface area contributed by atoms with Crippen LogP contribution < -0.4 is 10.2 Å². The topological polar surface area (TPSA) is 96.0 Å². The van der Waals surface area contributed by atoms with E-state index >= 15 is 0 Å². The van der Waals surface area contributed by atoms with Crippen LogP contribution in [0.2, 0.25) is 0 Å². The molecule has 0 aliphatic carbocycles. The molecule has 0 atom stereocenters. The summed E-state index contributed by atoms with van der Waals surface area (Å²) in [5.74, 6) is -1.36. The number of esters is 1. The van der Waals surface area contributed by atoms with E-state index in [0.717, 1.165) is 6.42 Å². The molecule has 3 rings (SSSR count). The number of ether oxygens (including phenoxy) is 1. The van der Waals surface area contributed by atoms with Crippen molar-refractivity contribution in [2.45, 2.75) is 12.8 Å². The van der Waals surface area contributed by atoms with Gasteiger partial charge >= 0.3 is 5.97 Å². The molecular formula is C22H23N3O5. The highest BCUT2D eigenvalue weighted by atomic mass is 16.5. The number of nitrogens with zero attached hydrogens (tertiary/aromatic N) is 2. The molecule has 0 aromatic heterocycles. The molecule has 8 heteroatoms. The number of para-hydroxylation sites is 1. The Morgan fingerprint density at radius 1 is 1.07 bits per heavy atom. The number of amides is 3. The normalized spacial score (nSPS) is 13.1. The Labute approximate surface area is 174 Å². The summed E-state index contributed by atoms with van der Waals surface area (Å²) in [6, 6.07) is 13.1. The van der Waals surface area contributed by atoms with Gasteiger partial charge in [0.2, 0.25) is 5.91 Å². The largest absolute Gasteiger partial charge is 0.452 e. The van der Waals surface area contributed by atoms with Crippen molar-refractivity contribution in [3.8, 4) is 0 Å². The molecule has 0 saturated carbocycles. The Bertz CT molecular complexity index is 969. The van der Waals surface area contributed by atoms with Crippen LogP contribution in [0.4, 0.5) is 11.4 Å². The summed E-state index contributed by atoms with van der Waals surface area (Å²) >= 11 is 0. The van der Waals surface area contributed by atoms with Gasteiger partial charge in [0.25, 0.3) is 11.8 Å². The van der Waals surface area contributed by atoms with Crippen LogP contribution in [-0.4, -0.2) is 55.8 Å². The highest BCUT2D eigenvalue weighted by Gasteiger charge is 2.26. The van der Waals surface area contributed by atoms with E-state index < -0.39 is 18.5 Å². The van der Waals surface area contributed by atoms with Crippen LogP contribution >= 0.6 is 0 Å². The number of nitrogens with one attached hydrogen (secondary N) is 1. The maximum atomic E-state index is 12.5. The van der Waals surface area contributed by atoms with Gasteiger partial charge in [-0.15, -0.1) is 0 Å². The van der Waals surface area contributed by atoms with Gasteiger partial charge in [0.1, 0.15) is 0 Å². The quantitative estimate of drug-likeness (QED) is 0.739. The third-order valence-electron chi connectivity index (χ3n) is 4.64. The lowest BCUT2D eigenvalue weighted by molar-refractivity contribution is -0.119. The maximum Gasteiger partial charge on any atom is 0.340 e. The van der Waals surface area contributed by atoms with Crippen LogP contribution in [0, 0.1) is 0 Å². The molecule has 2 aromatic carbocycles. The lowest BCUT2D eigenvalue weighted by Crippen LogP contribution is -2.27. The standard InChI is InChI=1S/C22H23N3O5/c1-24(2)21(28)15-9-11-16(12-10-15)23-19(26)14-30-22(29)17-6-3-4-7-18(17)25-13-5-8-20(25)27/h3-4,6-7,9-12H,5,8,13-14H2,1-2H3,(H,23,26). The number of hydrogen-bond acceptors (Lipinski definition) is 5. The van der Waals surface area contributed by atoms with E-state index in [2.05, 4.69) is 5.32 Å². The van der Waals surface area contributed by atoms with E-state index in [0.29, 0.717) is 29.9 Å². The molecule has 1 saturated heterocycles. The molecule has 0 spiro atoms. The smallest absolute Gasteiger partial charge is 0.340 e. The molecule has 1 aliphatic rings. The molecule has 0 bridgehead atoms. The van der Waals surface area contributed by atoms with E-state index in [9.17, 15) is 19.2 Å². The van der Waals surface area contributed by atoms with E-state index in [1.54, 1.807) is 67.5 Å². The van der Waals surface area contributed by atoms with Gasteiger partial charge in [-0.2, -0.15) is 0 Å². The van der Waals surface area contributed by atoms with Crippen molar-refractivity contribution in [3.05, 3.63) is 59.7 Å². The molecular weight excluding hydrogens is 386 g/mol. The summed E-state index contributed by atoms with van der Waals surface area (Å²) in [5, 5.41) is 2.62. The Morgan fingerprint density at radius 2 is 1.77 bits per heavy atom. The van der Waals surface area contributed by atoms with Crippen LogP contribution in [-0.2, 0) is 14.3 Å². The minimum atomic E-state index is -0.674. The minimum Gasteiger partial charge on any atom is -0.452 e. The van der Waals surface area contributed by atoms with E-state index in [4.69, 9.17) is 4.74 Å². The third kappa shape index (κ3) is 4.83. The second-order valence-electron chi connectivity index (χ2n) is 7.07. The molecule has 30 heavy (non-hydrogen) atoms. The van der Waals surface area contributed by atoms with Crippen LogP contribution in [0.1, 0.15) is 33.6 Å². The molecule has 1 fully saturated rings. The first-order chi connectivity index (χ1) is 14.4. The maximum absolute atomic E-state index is 12.5. The van der Waals surface area contributed by atoms with Gasteiger partial charge in [-0.1, -0.05) is 12.1 Å². The van der Waals surface area contributed by atoms with Crippen molar-refractivity contribution >= 4 is 35.1 Å². The van der Waals surface area contributed by atoms with E-state index in [1.165, 1.54) is 4.90 Å². The number of carbonyl (C=O) groups excluding carboxylic acids is 4. The van der Waals surface area contributed by atoms with Crippen LogP contribution in [0.3, 0.4) is 0 Å². The van der Waals surface area contributed by atoms with Crippen LogP contribution in [0.5, 0.6) is 0 Å². The molecule has 1 N–H and O–H groups in total. The fourth-order valence-electron chi connectivity index (χ4n) is 3.14. The summed E-state index contributed by atoms with van der Waals surface area (Å²) < 4.78 is 5.14. The minimum absolute atomic E-state index is 0.0378. The number of carbonyl (C=O) groups is 4. The molecule has 156 valence electrons. The van der Waals surface area contributed by atoms with Gasteiger partial charge in [-0.25, -0.2) is 4.79 Å². The predicted octanol–water partition coefficient (Wildman–Crippen LogP) is 2.31. The molecule has 8 nitrogen and oxygen atoms in total. The Kier molecular flexibility index (Phi) is 6.46. The first kappa shape index (κ1) is 21.0. The van der Waals surface area contributed by atoms with Gasteiger partial charge in [0, 0.05) is 38.3 Å². The summed E-state index contributed by atoms with van der Waals surface area (Å²) in [5.41, 5.74) is 1.71. The van der Waals surface area contributed by atoms with Gasteiger partial charge in [-0.05, 0) is 42.8 Å². The van der Waals surface area contributed by atoms with Crippen molar-refractivity contribution in [2.75, 3.05) is 37.5 Å². The molecule has 0 radical (unpaired) electrons. The van der Waals surface area contributed by atoms with Crippen LogP contribution in [0.25, 0.3) is 0 Å². The molecule has 3 amide bonds. The Balaban J connectivity index is 1.58. The Hall–Kier alpha value is -3.68. The molecule has 1 heterocycles. The van der Waals surface area contributed by atoms with Gasteiger partial charge in [-0.3, -0.25) is 14.4 Å². The second-order valence-corrected chi connectivity index (χ2v) is 7.07. The second kappa shape index (κ2) is 9.21. The van der Waals surface area contributed by atoms with Gasteiger partial charge in [0.05, 0.1) is 11.3 Å². The first-order valence-electron chi connectivity index (χ1n) is 9.55. The van der Waals surface area contributed by atoms with Crippen molar-refractivity contribution < 1.29 is 23.9 Å². The molecule has 2 aromatic rings. The van der Waals surface area contributed by atoms with Crippen molar-refractivity contribution in [3.63, 3.8) is 0 Å². The molecule has 0 unspecified atom stereocenters. The fraction of sp³-hybridized carbons (Fsp3) is 0.273.